The molecule has 0 aliphatic heterocycles. The van der Waals surface area contributed by atoms with Crippen molar-refractivity contribution in [2.24, 2.45) is 0 Å². The van der Waals surface area contributed by atoms with Gasteiger partial charge >= 0.3 is 0 Å². The molecule has 1 N–H and O–H groups in total. The molecule has 2 heteroatoms. The average molecular weight is 238 g/mol. The lowest BCUT2D eigenvalue weighted by Gasteiger charge is -1.97. The van der Waals surface area contributed by atoms with Crippen LogP contribution in [0.4, 0.5) is 0 Å². The summed E-state index contributed by atoms with van der Waals surface area (Å²) in [6.45, 7) is 3.84. The molecule has 0 aromatic heterocycles. The van der Waals surface area contributed by atoms with Crippen LogP contribution in [0.5, 0.6) is 0 Å². The van der Waals surface area contributed by atoms with E-state index in [1.165, 1.54) is 5.57 Å². The Morgan fingerprint density at radius 2 is 2.33 bits per heavy atom. The minimum Gasteiger partial charge on any atom is -0.396 e. The minimum absolute atomic E-state index is 0.239. The van der Waals surface area contributed by atoms with Gasteiger partial charge in [0.15, 0.2) is 0 Å². The number of hydrogen-bond donors (Lipinski definition) is 1. The molecule has 1 nitrogen and oxygen atoms in total. The number of hydrogen-bond acceptors (Lipinski definition) is 1. The maximum absolute atomic E-state index is 8.52. The van der Waals surface area contributed by atoms with Crippen LogP contribution in [0.2, 0.25) is 0 Å². The highest BCUT2D eigenvalue weighted by Crippen LogP contribution is 2.08. The van der Waals surface area contributed by atoms with Crippen LogP contribution in [-0.2, 0) is 0 Å². The fourth-order valence-corrected chi connectivity index (χ4v) is 1.10. The molecule has 0 aliphatic rings. The molecule has 0 atom stereocenters. The molecule has 0 rings (SSSR count). The molecule has 0 unspecified atom stereocenters. The molecular formula is C7H11IO. The average Bonchev–Trinajstić information content (AvgIpc) is 1.88. The molecule has 0 spiro atoms. The fourth-order valence-electron chi connectivity index (χ4n) is 0.530. The number of aliphatic hydroxyl groups excluding tert-OH is 1. The van der Waals surface area contributed by atoms with E-state index in [-0.39, 0.29) is 6.61 Å². The van der Waals surface area contributed by atoms with E-state index >= 15 is 0 Å². The van der Waals surface area contributed by atoms with Crippen LogP contribution in [-0.4, -0.2) is 11.7 Å². The van der Waals surface area contributed by atoms with Gasteiger partial charge in [-0.1, -0.05) is 34.2 Å². The molecule has 0 heterocycles. The summed E-state index contributed by atoms with van der Waals surface area (Å²) in [5.41, 5.74) is 1.24. The predicted molar refractivity (Wildman–Crippen MR) is 48.6 cm³/mol. The summed E-state index contributed by atoms with van der Waals surface area (Å²) >= 11 is 2.18. The van der Waals surface area contributed by atoms with Crippen LogP contribution in [0.1, 0.15) is 12.8 Å². The van der Waals surface area contributed by atoms with E-state index in [1.54, 1.807) is 0 Å². The molecule has 52 valence electrons. The van der Waals surface area contributed by atoms with Crippen molar-refractivity contribution in [2.45, 2.75) is 12.8 Å². The van der Waals surface area contributed by atoms with E-state index in [0.29, 0.717) is 0 Å². The molecule has 0 radical (unpaired) electrons. The second-order valence-corrected chi connectivity index (χ2v) is 2.36. The van der Waals surface area contributed by atoms with Crippen LogP contribution in [0, 0.1) is 0 Å². The van der Waals surface area contributed by atoms with Crippen molar-refractivity contribution in [2.75, 3.05) is 6.61 Å². The van der Waals surface area contributed by atoms with Crippen LogP contribution >= 0.6 is 22.6 Å². The zero-order chi connectivity index (χ0) is 7.11. The number of rotatable bonds is 4. The maximum Gasteiger partial charge on any atom is 0.0468 e. The van der Waals surface area contributed by atoms with Gasteiger partial charge in [-0.2, -0.15) is 0 Å². The predicted octanol–water partition coefficient (Wildman–Crippen LogP) is 2.26. The van der Waals surface area contributed by atoms with Gasteiger partial charge in [0.25, 0.3) is 0 Å². The Balaban J connectivity index is 3.55. The summed E-state index contributed by atoms with van der Waals surface area (Å²) in [4.78, 5) is 0. The smallest absolute Gasteiger partial charge is 0.0468 e. The third-order valence-electron chi connectivity index (χ3n) is 0.994. The van der Waals surface area contributed by atoms with Crippen LogP contribution in [0.3, 0.4) is 0 Å². The van der Waals surface area contributed by atoms with E-state index in [4.69, 9.17) is 5.11 Å². The molecule has 0 saturated heterocycles. The van der Waals surface area contributed by atoms with Crippen molar-refractivity contribution in [1.29, 1.82) is 0 Å². The Morgan fingerprint density at radius 3 is 2.67 bits per heavy atom. The minimum atomic E-state index is 0.239. The van der Waals surface area contributed by atoms with Gasteiger partial charge in [-0.05, 0) is 16.9 Å². The van der Waals surface area contributed by atoms with Gasteiger partial charge in [0.1, 0.15) is 0 Å². The normalized spacial score (nSPS) is 11.6. The molecule has 0 aliphatic carbocycles. The lowest BCUT2D eigenvalue weighted by Crippen LogP contribution is -1.85. The van der Waals surface area contributed by atoms with Crippen molar-refractivity contribution in [3.63, 3.8) is 0 Å². The monoisotopic (exact) mass is 238 g/mol. The third-order valence-corrected chi connectivity index (χ3v) is 1.87. The van der Waals surface area contributed by atoms with E-state index in [9.17, 15) is 0 Å². The van der Waals surface area contributed by atoms with Crippen molar-refractivity contribution in [3.05, 3.63) is 22.3 Å². The van der Waals surface area contributed by atoms with Crippen LogP contribution < -0.4 is 0 Å². The molecule has 0 fully saturated rings. The van der Waals surface area contributed by atoms with E-state index in [0.717, 1.165) is 12.8 Å². The lowest BCUT2D eigenvalue weighted by molar-refractivity contribution is 0.298. The molecule has 0 saturated carbocycles. The Hall–Kier alpha value is 0.170. The van der Waals surface area contributed by atoms with E-state index in [2.05, 4.69) is 29.2 Å². The van der Waals surface area contributed by atoms with Crippen molar-refractivity contribution < 1.29 is 5.11 Å². The second kappa shape index (κ2) is 6.29. The summed E-state index contributed by atoms with van der Waals surface area (Å²) in [6, 6.07) is 0. The van der Waals surface area contributed by atoms with Gasteiger partial charge in [-0.25, -0.2) is 0 Å². The molecule has 0 aromatic carbocycles. The van der Waals surface area contributed by atoms with Crippen LogP contribution in [0.25, 0.3) is 0 Å². The Morgan fingerprint density at radius 1 is 1.67 bits per heavy atom. The first kappa shape index (κ1) is 9.17. The molecule has 0 bridgehead atoms. The zero-order valence-corrected chi connectivity index (χ0v) is 7.47. The Labute approximate surface area is 69.6 Å². The summed E-state index contributed by atoms with van der Waals surface area (Å²) in [5, 5.41) is 8.52. The highest BCUT2D eigenvalue weighted by molar-refractivity contribution is 14.1. The topological polar surface area (TPSA) is 20.2 Å². The summed E-state index contributed by atoms with van der Waals surface area (Å²) in [5.74, 6) is 0. The largest absolute Gasteiger partial charge is 0.396 e. The fraction of sp³-hybridized carbons (Fsp3) is 0.429. The van der Waals surface area contributed by atoms with Crippen molar-refractivity contribution in [1.82, 2.24) is 0 Å². The number of allylic oxidation sites excluding steroid dienone is 1. The molecular weight excluding hydrogens is 227 g/mol. The highest BCUT2D eigenvalue weighted by atomic mass is 127. The van der Waals surface area contributed by atoms with Gasteiger partial charge < -0.3 is 5.11 Å². The quantitative estimate of drug-likeness (QED) is 0.588. The number of aliphatic hydroxyl groups is 1. The third kappa shape index (κ3) is 4.66. The number of halogens is 1. The highest BCUT2D eigenvalue weighted by Gasteiger charge is 1.90. The lowest BCUT2D eigenvalue weighted by atomic mass is 10.1. The van der Waals surface area contributed by atoms with Gasteiger partial charge in [0.2, 0.25) is 0 Å². The van der Waals surface area contributed by atoms with Gasteiger partial charge in [-0.3, -0.25) is 0 Å². The SMILES string of the molecule is C=CC/C(=C/I)CCO. The first-order valence-corrected chi connectivity index (χ1v) is 4.09. The Bertz CT molecular complexity index is 107. The van der Waals surface area contributed by atoms with Crippen molar-refractivity contribution >= 4 is 22.6 Å². The first-order valence-electron chi connectivity index (χ1n) is 2.85. The first-order chi connectivity index (χ1) is 4.35. The van der Waals surface area contributed by atoms with Gasteiger partial charge in [0.05, 0.1) is 0 Å². The van der Waals surface area contributed by atoms with Gasteiger partial charge in [0, 0.05) is 6.61 Å². The summed E-state index contributed by atoms with van der Waals surface area (Å²) < 4.78 is 2.00. The van der Waals surface area contributed by atoms with Gasteiger partial charge in [-0.15, -0.1) is 6.58 Å². The van der Waals surface area contributed by atoms with E-state index < -0.39 is 0 Å². The second-order valence-electron chi connectivity index (χ2n) is 1.73. The summed E-state index contributed by atoms with van der Waals surface area (Å²) in [7, 11) is 0. The standard InChI is InChI=1S/C7H11IO/c1-2-3-7(6-8)4-5-9/h2,6,9H,1,3-5H2/b7-6-. The zero-order valence-electron chi connectivity index (χ0n) is 5.31. The molecule has 0 aromatic rings. The molecule has 0 amide bonds. The van der Waals surface area contributed by atoms with Crippen molar-refractivity contribution in [3.8, 4) is 0 Å². The maximum atomic E-state index is 8.52. The van der Waals surface area contributed by atoms with Crippen LogP contribution in [0.15, 0.2) is 22.3 Å². The molecule has 9 heavy (non-hydrogen) atoms. The van der Waals surface area contributed by atoms with E-state index in [1.807, 2.05) is 10.2 Å². The summed E-state index contributed by atoms with van der Waals surface area (Å²) in [6.07, 6.45) is 3.51. The Kier molecular flexibility index (Phi) is 6.41.